The molecule has 0 spiro atoms. The maximum Gasteiger partial charge on any atom is 0.169 e. The first-order valence-electron chi connectivity index (χ1n) is 6.26. The number of methoxy groups -OCH3 is 2. The molecule has 1 fully saturated rings. The number of hydrogen-bond donors (Lipinski definition) is 0. The van der Waals surface area contributed by atoms with Crippen LogP contribution in [0.1, 0.15) is 6.42 Å². The van der Waals surface area contributed by atoms with Crippen LogP contribution in [0.25, 0.3) is 0 Å². The minimum atomic E-state index is -0.175. The van der Waals surface area contributed by atoms with Gasteiger partial charge in [0.2, 0.25) is 0 Å². The Labute approximate surface area is 122 Å². The standard InChI is InChI=1S/C13H19BrN2O3/c1-17-13(18-2)9-16-4-3-11(8-16)19-12-5-10(14)6-15-7-12/h5-7,11,13H,3-4,8-9H2,1-2H3. The second kappa shape index (κ2) is 7.19. The van der Waals surface area contributed by atoms with E-state index in [1.165, 1.54) is 0 Å². The van der Waals surface area contributed by atoms with Gasteiger partial charge in [-0.3, -0.25) is 9.88 Å². The molecule has 0 amide bonds. The van der Waals surface area contributed by atoms with Gasteiger partial charge >= 0.3 is 0 Å². The highest BCUT2D eigenvalue weighted by atomic mass is 79.9. The van der Waals surface area contributed by atoms with Crippen molar-refractivity contribution in [3.05, 3.63) is 22.9 Å². The van der Waals surface area contributed by atoms with E-state index >= 15 is 0 Å². The summed E-state index contributed by atoms with van der Waals surface area (Å²) >= 11 is 3.39. The zero-order chi connectivity index (χ0) is 13.7. The lowest BCUT2D eigenvalue weighted by atomic mass is 10.3. The van der Waals surface area contributed by atoms with Crippen molar-refractivity contribution in [2.24, 2.45) is 0 Å². The summed E-state index contributed by atoms with van der Waals surface area (Å²) in [4.78, 5) is 6.38. The fraction of sp³-hybridized carbons (Fsp3) is 0.615. The molecule has 1 aromatic rings. The van der Waals surface area contributed by atoms with Gasteiger partial charge in [-0.1, -0.05) is 0 Å². The SMILES string of the molecule is COC(CN1CCC(Oc2cncc(Br)c2)C1)OC. The van der Waals surface area contributed by atoms with Crippen LogP contribution in [0.2, 0.25) is 0 Å². The van der Waals surface area contributed by atoms with Gasteiger partial charge in [0.1, 0.15) is 11.9 Å². The van der Waals surface area contributed by atoms with Gasteiger partial charge in [0, 0.05) is 44.5 Å². The third kappa shape index (κ3) is 4.42. The van der Waals surface area contributed by atoms with Gasteiger partial charge in [-0.15, -0.1) is 0 Å². The lowest BCUT2D eigenvalue weighted by molar-refractivity contribution is -0.114. The summed E-state index contributed by atoms with van der Waals surface area (Å²) in [5, 5.41) is 0. The Kier molecular flexibility index (Phi) is 5.57. The predicted octanol–water partition coefficient (Wildman–Crippen LogP) is 1.92. The molecule has 19 heavy (non-hydrogen) atoms. The molecule has 1 atom stereocenters. The predicted molar refractivity (Wildman–Crippen MR) is 75.2 cm³/mol. The fourth-order valence-electron chi connectivity index (χ4n) is 2.16. The van der Waals surface area contributed by atoms with Crippen LogP contribution in [0.3, 0.4) is 0 Å². The lowest BCUT2D eigenvalue weighted by Gasteiger charge is -2.21. The van der Waals surface area contributed by atoms with E-state index in [9.17, 15) is 0 Å². The average Bonchev–Trinajstić information content (AvgIpc) is 2.83. The van der Waals surface area contributed by atoms with Crippen LogP contribution in [0.15, 0.2) is 22.9 Å². The smallest absolute Gasteiger partial charge is 0.169 e. The molecule has 0 bridgehead atoms. The van der Waals surface area contributed by atoms with E-state index in [1.807, 2.05) is 6.07 Å². The Balaban J connectivity index is 1.82. The zero-order valence-electron chi connectivity index (χ0n) is 11.2. The van der Waals surface area contributed by atoms with E-state index in [0.717, 1.165) is 36.3 Å². The van der Waals surface area contributed by atoms with Crippen molar-refractivity contribution in [2.45, 2.75) is 18.8 Å². The Morgan fingerprint density at radius 2 is 2.21 bits per heavy atom. The topological polar surface area (TPSA) is 43.8 Å². The minimum Gasteiger partial charge on any atom is -0.487 e. The molecule has 1 aromatic heterocycles. The zero-order valence-corrected chi connectivity index (χ0v) is 12.8. The summed E-state index contributed by atoms with van der Waals surface area (Å²) in [7, 11) is 3.32. The van der Waals surface area contributed by atoms with E-state index in [4.69, 9.17) is 14.2 Å². The van der Waals surface area contributed by atoms with E-state index in [0.29, 0.717) is 0 Å². The molecular weight excluding hydrogens is 312 g/mol. The molecule has 0 radical (unpaired) electrons. The Morgan fingerprint density at radius 1 is 1.42 bits per heavy atom. The number of halogens is 1. The molecule has 106 valence electrons. The molecule has 0 aliphatic carbocycles. The van der Waals surface area contributed by atoms with Crippen molar-refractivity contribution in [1.82, 2.24) is 9.88 Å². The summed E-state index contributed by atoms with van der Waals surface area (Å²) in [5.74, 6) is 0.802. The highest BCUT2D eigenvalue weighted by Gasteiger charge is 2.26. The van der Waals surface area contributed by atoms with Gasteiger partial charge in [-0.05, 0) is 28.4 Å². The number of ether oxygens (including phenoxy) is 3. The summed E-state index contributed by atoms with van der Waals surface area (Å²) < 4.78 is 17.3. The average molecular weight is 331 g/mol. The maximum absolute atomic E-state index is 5.92. The van der Waals surface area contributed by atoms with Crippen LogP contribution in [0.5, 0.6) is 5.75 Å². The molecule has 5 nitrogen and oxygen atoms in total. The molecule has 0 N–H and O–H groups in total. The third-order valence-electron chi connectivity index (χ3n) is 3.14. The first-order valence-corrected chi connectivity index (χ1v) is 7.05. The second-order valence-corrected chi connectivity index (χ2v) is 5.44. The lowest BCUT2D eigenvalue weighted by Crippen LogP contribution is -2.34. The summed E-state index contributed by atoms with van der Waals surface area (Å²) in [6.45, 7) is 2.65. The minimum absolute atomic E-state index is 0.175. The Hall–Kier alpha value is -0.690. The fourth-order valence-corrected chi connectivity index (χ4v) is 2.51. The van der Waals surface area contributed by atoms with Gasteiger partial charge in [-0.25, -0.2) is 0 Å². The highest BCUT2D eigenvalue weighted by Crippen LogP contribution is 2.21. The van der Waals surface area contributed by atoms with E-state index in [1.54, 1.807) is 26.6 Å². The number of hydrogen-bond acceptors (Lipinski definition) is 5. The van der Waals surface area contributed by atoms with Crippen LogP contribution in [-0.2, 0) is 9.47 Å². The molecule has 2 rings (SSSR count). The van der Waals surface area contributed by atoms with Crippen LogP contribution in [0.4, 0.5) is 0 Å². The summed E-state index contributed by atoms with van der Waals surface area (Å²) in [6, 6.07) is 1.93. The number of aromatic nitrogens is 1. The van der Waals surface area contributed by atoms with E-state index < -0.39 is 0 Å². The van der Waals surface area contributed by atoms with Crippen molar-refractivity contribution < 1.29 is 14.2 Å². The molecule has 6 heteroatoms. The van der Waals surface area contributed by atoms with Crippen LogP contribution in [-0.4, -0.2) is 56.1 Å². The van der Waals surface area contributed by atoms with Crippen molar-refractivity contribution >= 4 is 15.9 Å². The van der Waals surface area contributed by atoms with Gasteiger partial charge in [0.15, 0.2) is 6.29 Å². The Morgan fingerprint density at radius 3 is 2.89 bits per heavy atom. The summed E-state index contributed by atoms with van der Waals surface area (Å²) in [5.41, 5.74) is 0. The van der Waals surface area contributed by atoms with Crippen molar-refractivity contribution in [3.63, 3.8) is 0 Å². The van der Waals surface area contributed by atoms with E-state index in [-0.39, 0.29) is 12.4 Å². The van der Waals surface area contributed by atoms with Gasteiger partial charge in [0.05, 0.1) is 6.20 Å². The molecule has 1 aliphatic heterocycles. The molecule has 1 unspecified atom stereocenters. The molecular formula is C13H19BrN2O3. The van der Waals surface area contributed by atoms with Crippen LogP contribution < -0.4 is 4.74 Å². The van der Waals surface area contributed by atoms with Gasteiger partial charge < -0.3 is 14.2 Å². The number of likely N-dealkylation sites (tertiary alicyclic amines) is 1. The Bertz CT molecular complexity index is 401. The highest BCUT2D eigenvalue weighted by molar-refractivity contribution is 9.10. The first kappa shape index (κ1) is 14.7. The molecule has 0 aromatic carbocycles. The quantitative estimate of drug-likeness (QED) is 0.745. The van der Waals surface area contributed by atoms with Crippen LogP contribution >= 0.6 is 15.9 Å². The number of nitrogens with zero attached hydrogens (tertiary/aromatic N) is 2. The maximum atomic E-state index is 5.92. The van der Waals surface area contributed by atoms with Crippen molar-refractivity contribution in [3.8, 4) is 5.75 Å². The third-order valence-corrected chi connectivity index (χ3v) is 3.58. The van der Waals surface area contributed by atoms with E-state index in [2.05, 4.69) is 25.8 Å². The molecule has 0 saturated carbocycles. The van der Waals surface area contributed by atoms with Gasteiger partial charge in [-0.2, -0.15) is 0 Å². The number of rotatable bonds is 6. The monoisotopic (exact) mass is 330 g/mol. The first-order chi connectivity index (χ1) is 9.21. The summed E-state index contributed by atoms with van der Waals surface area (Å²) in [6.07, 6.45) is 4.51. The largest absolute Gasteiger partial charge is 0.487 e. The molecule has 2 heterocycles. The second-order valence-electron chi connectivity index (χ2n) is 4.53. The van der Waals surface area contributed by atoms with Crippen molar-refractivity contribution in [1.29, 1.82) is 0 Å². The van der Waals surface area contributed by atoms with Crippen LogP contribution in [0, 0.1) is 0 Å². The number of pyridine rings is 1. The molecule has 1 saturated heterocycles. The molecule has 1 aliphatic rings. The normalized spacial score (nSPS) is 20.1. The van der Waals surface area contributed by atoms with Crippen molar-refractivity contribution in [2.75, 3.05) is 33.9 Å². The van der Waals surface area contributed by atoms with Gasteiger partial charge in [0.25, 0.3) is 0 Å².